The predicted octanol–water partition coefficient (Wildman–Crippen LogP) is 5.80. The van der Waals surface area contributed by atoms with Gasteiger partial charge in [-0.1, -0.05) is 36.7 Å². The number of nitrogens with one attached hydrogen (secondary N) is 1. The summed E-state index contributed by atoms with van der Waals surface area (Å²) in [7, 11) is 3.23. The minimum Gasteiger partial charge on any atom is -0.493 e. The third-order valence-electron chi connectivity index (χ3n) is 6.44. The number of carbonyl (C=O) groups excluding carboxylic acids is 1. The van der Waals surface area contributed by atoms with Crippen molar-refractivity contribution in [2.24, 2.45) is 5.92 Å². The van der Waals surface area contributed by atoms with Crippen LogP contribution in [-0.2, 0) is 4.79 Å². The Morgan fingerprint density at radius 3 is 2.48 bits per heavy atom. The van der Waals surface area contributed by atoms with Crippen molar-refractivity contribution in [3.05, 3.63) is 70.0 Å². The molecule has 0 saturated carbocycles. The van der Waals surface area contributed by atoms with Crippen LogP contribution in [0.2, 0.25) is 5.02 Å². The normalized spacial score (nSPS) is 19.6. The summed E-state index contributed by atoms with van der Waals surface area (Å²) >= 11 is 6.13. The van der Waals surface area contributed by atoms with Gasteiger partial charge in [-0.15, -0.1) is 0 Å². The number of nitrogens with zero attached hydrogens (tertiary/aromatic N) is 2. The van der Waals surface area contributed by atoms with E-state index in [4.69, 9.17) is 26.2 Å². The van der Waals surface area contributed by atoms with Crippen LogP contribution in [0.1, 0.15) is 37.1 Å². The highest BCUT2D eigenvalue weighted by atomic mass is 35.5. The lowest BCUT2D eigenvalue weighted by atomic mass is 9.81. The zero-order valence-electron chi connectivity index (χ0n) is 19.1. The molecule has 7 heteroatoms. The van der Waals surface area contributed by atoms with E-state index >= 15 is 0 Å². The lowest BCUT2D eigenvalue weighted by Gasteiger charge is -2.35. The number of fused-ring (bicyclic) bond motifs is 1. The van der Waals surface area contributed by atoms with Gasteiger partial charge in [-0.05, 0) is 54.7 Å². The number of aromatic nitrogens is 2. The molecule has 2 aromatic carbocycles. The fourth-order valence-corrected chi connectivity index (χ4v) is 5.10. The first-order valence-corrected chi connectivity index (χ1v) is 11.4. The number of allylic oxidation sites excluding steroid dienone is 2. The maximum Gasteiger partial charge on any atom is 0.163 e. The second kappa shape index (κ2) is 8.27. The van der Waals surface area contributed by atoms with Crippen molar-refractivity contribution in [1.29, 1.82) is 0 Å². The number of benzene rings is 2. The lowest BCUT2D eigenvalue weighted by Crippen LogP contribution is -2.33. The van der Waals surface area contributed by atoms with Gasteiger partial charge in [-0.3, -0.25) is 4.79 Å². The molecule has 6 nitrogen and oxygen atoms in total. The van der Waals surface area contributed by atoms with Gasteiger partial charge < -0.3 is 14.8 Å². The van der Waals surface area contributed by atoms with E-state index in [1.165, 1.54) is 0 Å². The summed E-state index contributed by atoms with van der Waals surface area (Å²) in [5, 5.41) is 9.18. The van der Waals surface area contributed by atoms with Gasteiger partial charge in [0.15, 0.2) is 17.3 Å². The highest BCUT2D eigenvalue weighted by Gasteiger charge is 2.39. The topological polar surface area (TPSA) is 65.4 Å². The molecule has 0 fully saturated rings. The smallest absolute Gasteiger partial charge is 0.163 e. The van der Waals surface area contributed by atoms with E-state index in [0.717, 1.165) is 45.9 Å². The molecule has 1 N–H and O–H groups in total. The minimum atomic E-state index is -0.351. The van der Waals surface area contributed by atoms with E-state index in [1.54, 1.807) is 14.2 Å². The molecule has 5 rings (SSSR count). The summed E-state index contributed by atoms with van der Waals surface area (Å²) in [4.78, 5) is 13.3. The van der Waals surface area contributed by atoms with Crippen molar-refractivity contribution in [3.8, 4) is 22.6 Å². The number of ether oxygens (including phenoxy) is 2. The highest BCUT2D eigenvalue weighted by molar-refractivity contribution is 6.30. The standard InChI is InChI=1S/C26H26ClN3O3/c1-14-11-19-24(20(31)12-14)25(17-7-10-21(32-3)22(13-17)33-4)30-26(28-19)23(15(2)29-30)16-5-8-18(27)9-6-16/h5-10,13-14,25,28H,11-12H2,1-4H3. The number of hydrogen-bond donors (Lipinski definition) is 1. The number of ketones is 1. The fraction of sp³-hybridized carbons (Fsp3) is 0.308. The Morgan fingerprint density at radius 2 is 1.79 bits per heavy atom. The Kier molecular flexibility index (Phi) is 5.41. The van der Waals surface area contributed by atoms with E-state index in [9.17, 15) is 4.79 Å². The average molecular weight is 464 g/mol. The molecule has 2 unspecified atom stereocenters. The van der Waals surface area contributed by atoms with Crippen LogP contribution in [0.3, 0.4) is 0 Å². The summed E-state index contributed by atoms with van der Waals surface area (Å²) in [6.45, 7) is 4.11. The number of hydrogen-bond acceptors (Lipinski definition) is 5. The Bertz CT molecular complexity index is 1280. The van der Waals surface area contributed by atoms with Crippen LogP contribution in [-0.4, -0.2) is 29.8 Å². The quantitative estimate of drug-likeness (QED) is 0.530. The van der Waals surface area contributed by atoms with E-state index in [-0.39, 0.29) is 17.7 Å². The molecular formula is C26H26ClN3O3. The van der Waals surface area contributed by atoms with Crippen LogP contribution in [0.5, 0.6) is 11.5 Å². The lowest BCUT2D eigenvalue weighted by molar-refractivity contribution is -0.117. The molecule has 1 aromatic heterocycles. The first kappa shape index (κ1) is 21.6. The molecule has 2 aliphatic rings. The molecule has 33 heavy (non-hydrogen) atoms. The summed E-state index contributed by atoms with van der Waals surface area (Å²) in [6, 6.07) is 13.2. The number of carbonyl (C=O) groups is 1. The number of methoxy groups -OCH3 is 2. The molecule has 2 atom stereocenters. The van der Waals surface area contributed by atoms with Crippen LogP contribution in [0.4, 0.5) is 5.82 Å². The van der Waals surface area contributed by atoms with E-state index in [0.29, 0.717) is 22.9 Å². The molecule has 0 radical (unpaired) electrons. The second-order valence-electron chi connectivity index (χ2n) is 8.73. The zero-order chi connectivity index (χ0) is 23.3. The molecule has 3 aromatic rings. The second-order valence-corrected chi connectivity index (χ2v) is 9.17. The van der Waals surface area contributed by atoms with Crippen LogP contribution in [0.25, 0.3) is 11.1 Å². The van der Waals surface area contributed by atoms with Crippen molar-refractivity contribution in [2.45, 2.75) is 32.7 Å². The number of rotatable bonds is 4. The van der Waals surface area contributed by atoms with Gasteiger partial charge in [0.25, 0.3) is 0 Å². The number of aryl methyl sites for hydroxylation is 1. The van der Waals surface area contributed by atoms with Crippen molar-refractivity contribution in [2.75, 3.05) is 19.5 Å². The number of anilines is 1. The predicted molar refractivity (Wildman–Crippen MR) is 129 cm³/mol. The zero-order valence-corrected chi connectivity index (χ0v) is 19.9. The highest BCUT2D eigenvalue weighted by Crippen LogP contribution is 2.47. The van der Waals surface area contributed by atoms with E-state index in [1.807, 2.05) is 54.1 Å². The third kappa shape index (κ3) is 3.59. The van der Waals surface area contributed by atoms with E-state index < -0.39 is 0 Å². The Labute approximate surface area is 198 Å². The maximum atomic E-state index is 13.3. The van der Waals surface area contributed by atoms with Crippen molar-refractivity contribution >= 4 is 23.2 Å². The number of halogens is 1. The molecule has 1 aliphatic carbocycles. The molecular weight excluding hydrogens is 438 g/mol. The van der Waals surface area contributed by atoms with Crippen LogP contribution in [0, 0.1) is 12.8 Å². The largest absolute Gasteiger partial charge is 0.493 e. The summed E-state index contributed by atoms with van der Waals surface area (Å²) in [5.74, 6) is 2.59. The summed E-state index contributed by atoms with van der Waals surface area (Å²) < 4.78 is 12.9. The van der Waals surface area contributed by atoms with Gasteiger partial charge in [0, 0.05) is 28.3 Å². The maximum absolute atomic E-state index is 13.3. The fourth-order valence-electron chi connectivity index (χ4n) is 4.97. The van der Waals surface area contributed by atoms with Crippen LogP contribution >= 0.6 is 11.6 Å². The van der Waals surface area contributed by atoms with Gasteiger partial charge in [0.05, 0.1) is 19.9 Å². The summed E-state index contributed by atoms with van der Waals surface area (Å²) in [5.41, 5.74) is 5.59. The van der Waals surface area contributed by atoms with Crippen molar-refractivity contribution in [3.63, 3.8) is 0 Å². The van der Waals surface area contributed by atoms with Gasteiger partial charge >= 0.3 is 0 Å². The monoisotopic (exact) mass is 463 g/mol. The molecule has 170 valence electrons. The molecule has 0 bridgehead atoms. The van der Waals surface area contributed by atoms with Crippen molar-refractivity contribution in [1.82, 2.24) is 9.78 Å². The van der Waals surface area contributed by atoms with Gasteiger partial charge in [-0.25, -0.2) is 4.68 Å². The minimum absolute atomic E-state index is 0.155. The molecule has 1 aliphatic heterocycles. The first-order chi connectivity index (χ1) is 15.9. The van der Waals surface area contributed by atoms with Gasteiger partial charge in [-0.2, -0.15) is 5.10 Å². The average Bonchev–Trinajstić information content (AvgIpc) is 3.12. The molecule has 0 saturated heterocycles. The summed E-state index contributed by atoms with van der Waals surface area (Å²) in [6.07, 6.45) is 1.35. The molecule has 2 heterocycles. The third-order valence-corrected chi connectivity index (χ3v) is 6.69. The number of Topliss-reactive ketones (excluding diaryl/α,β-unsaturated/α-hetero) is 1. The van der Waals surface area contributed by atoms with Crippen molar-refractivity contribution < 1.29 is 14.3 Å². The Balaban J connectivity index is 1.73. The van der Waals surface area contributed by atoms with Gasteiger partial charge in [0.1, 0.15) is 11.9 Å². The SMILES string of the molecule is COc1ccc(C2C3=C(CC(C)CC3=O)Nc3c(-c4ccc(Cl)cc4)c(C)nn32)cc1OC. The first-order valence-electron chi connectivity index (χ1n) is 11.0. The van der Waals surface area contributed by atoms with Crippen LogP contribution in [0.15, 0.2) is 53.7 Å². The Morgan fingerprint density at radius 1 is 1.06 bits per heavy atom. The molecule has 0 amide bonds. The van der Waals surface area contributed by atoms with E-state index in [2.05, 4.69) is 12.2 Å². The molecule has 0 spiro atoms. The van der Waals surface area contributed by atoms with Gasteiger partial charge in [0.2, 0.25) is 0 Å². The van der Waals surface area contributed by atoms with Crippen LogP contribution < -0.4 is 14.8 Å². The Hall–Kier alpha value is -3.25.